The summed E-state index contributed by atoms with van der Waals surface area (Å²) < 4.78 is 54.5. The van der Waals surface area contributed by atoms with E-state index in [2.05, 4.69) is 14.8 Å². The zero-order chi connectivity index (χ0) is 30.5. The topological polar surface area (TPSA) is 110 Å². The number of nitriles is 3. The van der Waals surface area contributed by atoms with Crippen LogP contribution >= 0.6 is 11.7 Å². The molecule has 0 amide bonds. The lowest BCUT2D eigenvalue weighted by Gasteiger charge is -2.15. The van der Waals surface area contributed by atoms with E-state index in [1.807, 2.05) is 42.5 Å². The highest BCUT2D eigenvalue weighted by atomic mass is 32.1. The minimum atomic E-state index is -1.55. The third-order valence-corrected chi connectivity index (χ3v) is 8.00. The maximum absolute atomic E-state index is 15.4. The molecule has 5 aromatic carbocycles. The Kier molecular flexibility index (Phi) is 6.25. The van der Waals surface area contributed by atoms with Gasteiger partial charge in [-0.05, 0) is 35.4 Å². The SMILES string of the molecule is N#Cc1cccc(-c2nc3cc(-c4c(F)c(C#N)c(F)c(C#N)c4F)ccc3c3c2cc(-c2ccccc2)c2nsnc23)c1. The molecule has 0 aliphatic heterocycles. The standard InChI is InChI=1S/C34H13F3N6S/c35-29-24(15-39)30(36)27(31(37)25(29)16-40)19-9-10-21-26(12-19)41-32(20-8-4-5-17(11-20)14-38)23-13-22(18-6-2-1-3-7-18)33-34(28(21)23)43-44-42-33/h1-13H. The Morgan fingerprint density at radius 3 is 2.02 bits per heavy atom. The third kappa shape index (κ3) is 3.96. The first-order chi connectivity index (χ1) is 21.4. The van der Waals surface area contributed by atoms with Crippen molar-refractivity contribution in [3.05, 3.63) is 113 Å². The molecule has 0 N–H and O–H groups in total. The third-order valence-electron chi connectivity index (χ3n) is 7.47. The lowest BCUT2D eigenvalue weighted by atomic mass is 9.92. The molecular formula is C34H13F3N6S. The Morgan fingerprint density at radius 1 is 0.614 bits per heavy atom. The normalized spacial score (nSPS) is 11.0. The highest BCUT2D eigenvalue weighted by molar-refractivity contribution is 7.00. The number of hydrogen-bond donors (Lipinski definition) is 0. The van der Waals surface area contributed by atoms with Gasteiger partial charge in [-0.15, -0.1) is 0 Å². The average molecular weight is 595 g/mol. The second-order valence-electron chi connectivity index (χ2n) is 9.85. The molecule has 7 rings (SSSR count). The van der Waals surface area contributed by atoms with Crippen LogP contribution in [0.25, 0.3) is 66.2 Å². The first-order valence-electron chi connectivity index (χ1n) is 13.0. The van der Waals surface area contributed by atoms with Gasteiger partial charge in [0.15, 0.2) is 17.5 Å². The van der Waals surface area contributed by atoms with E-state index in [1.165, 1.54) is 24.3 Å². The molecule has 0 bridgehead atoms. The van der Waals surface area contributed by atoms with Crippen molar-refractivity contribution >= 4 is 44.4 Å². The van der Waals surface area contributed by atoms with Gasteiger partial charge in [0.2, 0.25) is 0 Å². The van der Waals surface area contributed by atoms with Gasteiger partial charge in [0.1, 0.15) is 34.3 Å². The van der Waals surface area contributed by atoms with Gasteiger partial charge >= 0.3 is 0 Å². The first kappa shape index (κ1) is 26.7. The van der Waals surface area contributed by atoms with E-state index < -0.39 is 34.1 Å². The summed E-state index contributed by atoms with van der Waals surface area (Å²) >= 11 is 1.05. The number of hydrogen-bond acceptors (Lipinski definition) is 7. The quantitative estimate of drug-likeness (QED) is 0.190. The van der Waals surface area contributed by atoms with E-state index in [0.717, 1.165) is 28.2 Å². The number of aromatic nitrogens is 3. The Hall–Kier alpha value is -6.15. The summed E-state index contributed by atoms with van der Waals surface area (Å²) in [7, 11) is 0. The van der Waals surface area contributed by atoms with Crippen molar-refractivity contribution in [2.75, 3.05) is 0 Å². The predicted molar refractivity (Wildman–Crippen MR) is 161 cm³/mol. The second kappa shape index (κ2) is 10.3. The first-order valence-corrected chi connectivity index (χ1v) is 13.8. The van der Waals surface area contributed by atoms with Crippen LogP contribution in [0.1, 0.15) is 16.7 Å². The summed E-state index contributed by atoms with van der Waals surface area (Å²) in [6.45, 7) is 0. The number of rotatable bonds is 3. The van der Waals surface area contributed by atoms with Crippen LogP contribution in [0.2, 0.25) is 0 Å². The van der Waals surface area contributed by atoms with Crippen LogP contribution in [0.4, 0.5) is 13.2 Å². The van der Waals surface area contributed by atoms with Crippen LogP contribution in [0.15, 0.2) is 78.9 Å². The van der Waals surface area contributed by atoms with Crippen molar-refractivity contribution in [1.29, 1.82) is 15.8 Å². The molecule has 0 spiro atoms. The minimum absolute atomic E-state index is 0.0439. The smallest absolute Gasteiger partial charge is 0.164 e. The van der Waals surface area contributed by atoms with Crippen molar-refractivity contribution in [3.63, 3.8) is 0 Å². The van der Waals surface area contributed by atoms with Crippen molar-refractivity contribution in [2.24, 2.45) is 0 Å². The van der Waals surface area contributed by atoms with Crippen molar-refractivity contribution in [2.45, 2.75) is 0 Å². The van der Waals surface area contributed by atoms with Gasteiger partial charge in [-0.2, -0.15) is 24.5 Å². The number of pyridine rings is 1. The van der Waals surface area contributed by atoms with Gasteiger partial charge in [0.25, 0.3) is 0 Å². The highest BCUT2D eigenvalue weighted by Gasteiger charge is 2.27. The average Bonchev–Trinajstić information content (AvgIpc) is 3.55. The molecular weight excluding hydrogens is 581 g/mol. The minimum Gasteiger partial charge on any atom is -0.247 e. The zero-order valence-corrected chi connectivity index (χ0v) is 23.0. The molecule has 0 aliphatic carbocycles. The van der Waals surface area contributed by atoms with Crippen molar-refractivity contribution < 1.29 is 13.2 Å². The van der Waals surface area contributed by atoms with Gasteiger partial charge in [0, 0.05) is 27.3 Å². The molecule has 206 valence electrons. The second-order valence-corrected chi connectivity index (χ2v) is 10.4. The highest BCUT2D eigenvalue weighted by Crippen LogP contribution is 2.42. The largest absolute Gasteiger partial charge is 0.247 e. The molecule has 2 aromatic heterocycles. The molecule has 0 radical (unpaired) electrons. The number of benzene rings is 5. The number of nitrogens with zero attached hydrogens (tertiary/aromatic N) is 6. The Bertz CT molecular complexity index is 2430. The van der Waals surface area contributed by atoms with Crippen LogP contribution < -0.4 is 0 Å². The fraction of sp³-hybridized carbons (Fsp3) is 0. The number of fused-ring (bicyclic) bond motifs is 5. The monoisotopic (exact) mass is 594 g/mol. The molecule has 0 saturated carbocycles. The van der Waals surface area contributed by atoms with E-state index in [4.69, 9.17) is 4.98 Å². The summed E-state index contributed by atoms with van der Waals surface area (Å²) in [5, 5.41) is 30.3. The number of halogens is 3. The zero-order valence-electron chi connectivity index (χ0n) is 22.2. The van der Waals surface area contributed by atoms with Crippen LogP contribution in [-0.2, 0) is 0 Å². The Balaban J connectivity index is 1.62. The Labute approximate surface area is 251 Å². The van der Waals surface area contributed by atoms with Gasteiger partial charge in [0.05, 0.1) is 40.1 Å². The summed E-state index contributed by atoms with van der Waals surface area (Å²) in [5.41, 5.74) is 1.99. The maximum atomic E-state index is 15.4. The maximum Gasteiger partial charge on any atom is 0.164 e. The van der Waals surface area contributed by atoms with Gasteiger partial charge in [-0.1, -0.05) is 54.6 Å². The van der Waals surface area contributed by atoms with E-state index in [9.17, 15) is 20.2 Å². The van der Waals surface area contributed by atoms with E-state index in [1.54, 1.807) is 24.3 Å². The van der Waals surface area contributed by atoms with Crippen LogP contribution in [0.3, 0.4) is 0 Å². The fourth-order valence-corrected chi connectivity index (χ4v) is 6.05. The van der Waals surface area contributed by atoms with Crippen molar-refractivity contribution in [3.8, 4) is 51.7 Å². The molecule has 7 aromatic rings. The summed E-state index contributed by atoms with van der Waals surface area (Å²) in [5.74, 6) is -4.38. The van der Waals surface area contributed by atoms with Crippen LogP contribution in [0, 0.1) is 51.4 Å². The molecule has 0 atom stereocenters. The lowest BCUT2D eigenvalue weighted by molar-refractivity contribution is 0.539. The van der Waals surface area contributed by atoms with Crippen molar-refractivity contribution in [1.82, 2.24) is 13.7 Å². The van der Waals surface area contributed by atoms with Gasteiger partial charge in [-0.25, -0.2) is 18.2 Å². The van der Waals surface area contributed by atoms with E-state index in [-0.39, 0.29) is 5.56 Å². The predicted octanol–water partition coefficient (Wildman–Crippen LogP) is 8.43. The summed E-state index contributed by atoms with van der Waals surface area (Å²) in [6.07, 6.45) is 0. The molecule has 10 heteroatoms. The van der Waals surface area contributed by atoms with E-state index in [0.29, 0.717) is 44.1 Å². The summed E-state index contributed by atoms with van der Waals surface area (Å²) in [6, 6.07) is 28.0. The Morgan fingerprint density at radius 2 is 1.32 bits per heavy atom. The molecule has 2 heterocycles. The molecule has 0 fully saturated rings. The summed E-state index contributed by atoms with van der Waals surface area (Å²) in [4.78, 5) is 4.92. The van der Waals surface area contributed by atoms with Crippen LogP contribution in [-0.4, -0.2) is 13.7 Å². The van der Waals surface area contributed by atoms with Gasteiger partial charge < -0.3 is 0 Å². The molecule has 0 unspecified atom stereocenters. The molecule has 0 aliphatic rings. The molecule has 6 nitrogen and oxygen atoms in total. The lowest BCUT2D eigenvalue weighted by Crippen LogP contribution is -2.04. The fourth-order valence-electron chi connectivity index (χ4n) is 5.48. The van der Waals surface area contributed by atoms with E-state index >= 15 is 8.78 Å². The molecule has 0 saturated heterocycles. The van der Waals surface area contributed by atoms with Crippen LogP contribution in [0.5, 0.6) is 0 Å². The molecule has 44 heavy (non-hydrogen) atoms. The van der Waals surface area contributed by atoms with Gasteiger partial charge in [-0.3, -0.25) is 0 Å².